The molecule has 0 heterocycles. The minimum absolute atomic E-state index is 0.0226. The molecule has 1 amide bonds. The summed E-state index contributed by atoms with van der Waals surface area (Å²) in [7, 11) is 0. The van der Waals surface area contributed by atoms with Crippen LogP contribution >= 0.6 is 11.6 Å². The number of halogens is 1. The highest BCUT2D eigenvalue weighted by atomic mass is 35.5. The molecule has 0 aliphatic heterocycles. The van der Waals surface area contributed by atoms with Crippen molar-refractivity contribution < 1.29 is 4.79 Å². The molecule has 3 unspecified atom stereocenters. The first-order chi connectivity index (χ1) is 9.25. The summed E-state index contributed by atoms with van der Waals surface area (Å²) in [5.74, 6) is 0.194. The molecule has 1 saturated carbocycles. The van der Waals surface area contributed by atoms with E-state index in [0.717, 1.165) is 38.5 Å². The van der Waals surface area contributed by atoms with E-state index in [2.05, 4.69) is 23.5 Å². The number of amides is 1. The van der Waals surface area contributed by atoms with Gasteiger partial charge in [-0.3, -0.25) is 4.79 Å². The molecule has 1 aromatic carbocycles. The molecule has 0 bridgehead atoms. The van der Waals surface area contributed by atoms with E-state index >= 15 is 0 Å². The summed E-state index contributed by atoms with van der Waals surface area (Å²) < 4.78 is 0. The van der Waals surface area contributed by atoms with E-state index in [-0.39, 0.29) is 23.2 Å². The van der Waals surface area contributed by atoms with Gasteiger partial charge in [-0.05, 0) is 49.7 Å². The van der Waals surface area contributed by atoms with E-state index in [0.29, 0.717) is 0 Å². The molecule has 2 nitrogen and oxygen atoms in total. The predicted octanol–water partition coefficient (Wildman–Crippen LogP) is 3.38. The average molecular weight is 278 g/mol. The van der Waals surface area contributed by atoms with Gasteiger partial charge in [0.25, 0.3) is 0 Å². The SMILES string of the molecule is O=C(NC1CCCC1Cl)C1CCCc2ccccc21. The van der Waals surface area contributed by atoms with Crippen molar-refractivity contribution in [2.45, 2.75) is 55.9 Å². The molecule has 2 aliphatic carbocycles. The second-order valence-corrected chi connectivity index (χ2v) is 6.27. The maximum absolute atomic E-state index is 12.5. The van der Waals surface area contributed by atoms with E-state index in [9.17, 15) is 4.79 Å². The Morgan fingerprint density at radius 1 is 1.16 bits per heavy atom. The summed E-state index contributed by atoms with van der Waals surface area (Å²) >= 11 is 6.25. The quantitative estimate of drug-likeness (QED) is 0.825. The Morgan fingerprint density at radius 3 is 2.79 bits per heavy atom. The number of nitrogens with one attached hydrogen (secondary N) is 1. The molecule has 2 aliphatic rings. The highest BCUT2D eigenvalue weighted by Gasteiger charge is 2.31. The standard InChI is InChI=1S/C16H20ClNO/c17-14-9-4-10-15(14)18-16(19)13-8-3-6-11-5-1-2-7-12(11)13/h1-2,5,7,13-15H,3-4,6,8-10H2,(H,18,19). The molecule has 0 radical (unpaired) electrons. The Kier molecular flexibility index (Phi) is 3.79. The smallest absolute Gasteiger partial charge is 0.227 e. The van der Waals surface area contributed by atoms with Gasteiger partial charge in [0.15, 0.2) is 0 Å². The van der Waals surface area contributed by atoms with Crippen molar-refractivity contribution in [3.05, 3.63) is 35.4 Å². The lowest BCUT2D eigenvalue weighted by molar-refractivity contribution is -0.123. The first-order valence-electron chi connectivity index (χ1n) is 7.28. The van der Waals surface area contributed by atoms with Crippen LogP contribution < -0.4 is 5.32 Å². The fraction of sp³-hybridized carbons (Fsp3) is 0.562. The van der Waals surface area contributed by atoms with E-state index in [1.165, 1.54) is 11.1 Å². The highest BCUT2D eigenvalue weighted by molar-refractivity contribution is 6.21. The molecular weight excluding hydrogens is 258 g/mol. The second kappa shape index (κ2) is 5.54. The zero-order chi connectivity index (χ0) is 13.2. The monoisotopic (exact) mass is 277 g/mol. The van der Waals surface area contributed by atoms with Crippen molar-refractivity contribution >= 4 is 17.5 Å². The Labute approximate surface area is 119 Å². The lowest BCUT2D eigenvalue weighted by atomic mass is 9.82. The van der Waals surface area contributed by atoms with Gasteiger partial charge in [-0.1, -0.05) is 24.3 Å². The Hall–Kier alpha value is -1.02. The van der Waals surface area contributed by atoms with Gasteiger partial charge in [0, 0.05) is 6.04 Å². The number of alkyl halides is 1. The van der Waals surface area contributed by atoms with Crippen molar-refractivity contribution in [2.24, 2.45) is 0 Å². The van der Waals surface area contributed by atoms with Gasteiger partial charge in [0.1, 0.15) is 0 Å². The zero-order valence-electron chi connectivity index (χ0n) is 11.1. The van der Waals surface area contributed by atoms with Gasteiger partial charge in [-0.2, -0.15) is 0 Å². The van der Waals surface area contributed by atoms with E-state index in [4.69, 9.17) is 11.6 Å². The fourth-order valence-electron chi connectivity index (χ4n) is 3.39. The summed E-state index contributed by atoms with van der Waals surface area (Å²) in [4.78, 5) is 12.5. The van der Waals surface area contributed by atoms with Gasteiger partial charge >= 0.3 is 0 Å². The second-order valence-electron chi connectivity index (χ2n) is 5.71. The minimum Gasteiger partial charge on any atom is -0.351 e. The van der Waals surface area contributed by atoms with Crippen molar-refractivity contribution in [1.29, 1.82) is 0 Å². The van der Waals surface area contributed by atoms with Crippen molar-refractivity contribution in [2.75, 3.05) is 0 Å². The number of carbonyl (C=O) groups excluding carboxylic acids is 1. The van der Waals surface area contributed by atoms with Crippen LogP contribution in [0.3, 0.4) is 0 Å². The van der Waals surface area contributed by atoms with Crippen LogP contribution in [0.4, 0.5) is 0 Å². The molecule has 19 heavy (non-hydrogen) atoms. The molecule has 0 saturated heterocycles. The topological polar surface area (TPSA) is 29.1 Å². The number of aryl methyl sites for hydroxylation is 1. The van der Waals surface area contributed by atoms with Crippen molar-refractivity contribution in [3.8, 4) is 0 Å². The molecule has 102 valence electrons. The Bertz CT molecular complexity index is 474. The van der Waals surface area contributed by atoms with Gasteiger partial charge in [0.2, 0.25) is 5.91 Å². The number of carbonyl (C=O) groups is 1. The molecule has 1 N–H and O–H groups in total. The summed E-state index contributed by atoms with van der Waals surface area (Å²) in [6.07, 6.45) is 6.33. The van der Waals surface area contributed by atoms with Gasteiger partial charge in [-0.15, -0.1) is 11.6 Å². The zero-order valence-corrected chi connectivity index (χ0v) is 11.8. The molecular formula is C16H20ClNO. The van der Waals surface area contributed by atoms with Crippen LogP contribution in [0.25, 0.3) is 0 Å². The maximum atomic E-state index is 12.5. The summed E-state index contributed by atoms with van der Waals surface area (Å²) in [6.45, 7) is 0. The largest absolute Gasteiger partial charge is 0.351 e. The fourth-order valence-corrected chi connectivity index (χ4v) is 3.73. The van der Waals surface area contributed by atoms with E-state index in [1.54, 1.807) is 0 Å². The third-order valence-corrected chi connectivity index (χ3v) is 4.97. The van der Waals surface area contributed by atoms with Crippen molar-refractivity contribution in [3.63, 3.8) is 0 Å². The van der Waals surface area contributed by atoms with Gasteiger partial charge in [-0.25, -0.2) is 0 Å². The Balaban J connectivity index is 1.74. The molecule has 0 aromatic heterocycles. The molecule has 3 rings (SSSR count). The Morgan fingerprint density at radius 2 is 2.00 bits per heavy atom. The minimum atomic E-state index is 0.0226. The number of fused-ring (bicyclic) bond motifs is 1. The molecule has 1 fully saturated rings. The average Bonchev–Trinajstić information content (AvgIpc) is 2.83. The number of hydrogen-bond acceptors (Lipinski definition) is 1. The number of benzene rings is 1. The van der Waals surface area contributed by atoms with Crippen LogP contribution in [0.2, 0.25) is 0 Å². The van der Waals surface area contributed by atoms with Crippen molar-refractivity contribution in [1.82, 2.24) is 5.32 Å². The first-order valence-corrected chi connectivity index (χ1v) is 7.71. The van der Waals surface area contributed by atoms with Gasteiger partial charge in [0.05, 0.1) is 11.3 Å². The highest BCUT2D eigenvalue weighted by Crippen LogP contribution is 2.32. The van der Waals surface area contributed by atoms with Crippen LogP contribution in [0, 0.1) is 0 Å². The van der Waals surface area contributed by atoms with Crippen LogP contribution in [0.1, 0.15) is 49.1 Å². The third-order valence-electron chi connectivity index (χ3n) is 4.45. The number of rotatable bonds is 2. The molecule has 1 aromatic rings. The van der Waals surface area contributed by atoms with Gasteiger partial charge < -0.3 is 5.32 Å². The van der Waals surface area contributed by atoms with Crippen LogP contribution in [0.5, 0.6) is 0 Å². The predicted molar refractivity (Wildman–Crippen MR) is 77.5 cm³/mol. The first kappa shape index (κ1) is 13.0. The molecule has 0 spiro atoms. The lowest BCUT2D eigenvalue weighted by Crippen LogP contribution is -2.41. The normalized spacial score (nSPS) is 29.8. The molecule has 3 atom stereocenters. The lowest BCUT2D eigenvalue weighted by Gasteiger charge is -2.26. The summed E-state index contributed by atoms with van der Waals surface area (Å²) in [6, 6.07) is 8.51. The van der Waals surface area contributed by atoms with E-state index < -0.39 is 0 Å². The third kappa shape index (κ3) is 2.64. The molecule has 3 heteroatoms. The summed E-state index contributed by atoms with van der Waals surface area (Å²) in [5.41, 5.74) is 2.55. The van der Waals surface area contributed by atoms with Crippen LogP contribution in [-0.2, 0) is 11.2 Å². The summed E-state index contributed by atoms with van der Waals surface area (Å²) in [5, 5.41) is 3.28. The number of hydrogen-bond donors (Lipinski definition) is 1. The van der Waals surface area contributed by atoms with Crippen LogP contribution in [0.15, 0.2) is 24.3 Å². The van der Waals surface area contributed by atoms with E-state index in [1.807, 2.05) is 6.07 Å². The maximum Gasteiger partial charge on any atom is 0.227 e. The van der Waals surface area contributed by atoms with Crippen LogP contribution in [-0.4, -0.2) is 17.3 Å².